The van der Waals surface area contributed by atoms with Gasteiger partial charge in [-0.3, -0.25) is 19.8 Å². The number of ether oxygens (including phenoxy) is 1. The Morgan fingerprint density at radius 2 is 1.73 bits per heavy atom. The van der Waals surface area contributed by atoms with Gasteiger partial charge in [-0.1, -0.05) is 53.2 Å². The van der Waals surface area contributed by atoms with Crippen LogP contribution in [0.15, 0.2) is 104 Å². The van der Waals surface area contributed by atoms with Crippen LogP contribution in [0.5, 0.6) is 5.75 Å². The zero-order valence-corrected chi connectivity index (χ0v) is 26.5. The molecule has 0 N–H and O–H groups in total. The number of hydrogen-bond donors (Lipinski definition) is 0. The molecule has 6 rings (SSSR count). The van der Waals surface area contributed by atoms with Crippen LogP contribution in [-0.4, -0.2) is 27.6 Å². The zero-order valence-electron chi connectivity index (χ0n) is 24.0. The maximum Gasteiger partial charge on any atom is 0.283 e. The van der Waals surface area contributed by atoms with Gasteiger partial charge in [0, 0.05) is 6.07 Å². The van der Waals surface area contributed by atoms with Crippen LogP contribution in [0.4, 0.5) is 17.1 Å². The number of aromatic nitrogens is 1. The molecule has 0 spiro atoms. The van der Waals surface area contributed by atoms with E-state index >= 15 is 0 Å². The summed E-state index contributed by atoms with van der Waals surface area (Å²) in [4.78, 5) is 37.3. The van der Waals surface area contributed by atoms with Crippen LogP contribution in [0.2, 0.25) is 0 Å². The Morgan fingerprint density at radius 1 is 1.00 bits per heavy atom. The number of benzene rings is 4. The van der Waals surface area contributed by atoms with Gasteiger partial charge < -0.3 is 4.74 Å². The first-order valence-electron chi connectivity index (χ1n) is 13.7. The number of carbonyl (C=O) groups excluding carboxylic acids is 1. The number of amides is 1. The van der Waals surface area contributed by atoms with Crippen molar-refractivity contribution in [2.45, 2.75) is 30.0 Å². The Hall–Kier alpha value is -4.45. The fourth-order valence-electron chi connectivity index (χ4n) is 4.48. The van der Waals surface area contributed by atoms with E-state index in [0.29, 0.717) is 37.2 Å². The van der Waals surface area contributed by atoms with E-state index in [9.17, 15) is 14.9 Å². The number of aryl methyl sites for hydroxylation is 2. The van der Waals surface area contributed by atoms with Gasteiger partial charge in [0.15, 0.2) is 9.51 Å². The third-order valence-corrected chi connectivity index (χ3v) is 9.80. The highest BCUT2D eigenvalue weighted by molar-refractivity contribution is 8.19. The fourth-order valence-corrected chi connectivity index (χ4v) is 7.62. The Morgan fingerprint density at radius 3 is 2.43 bits per heavy atom. The molecule has 2 heterocycles. The molecule has 0 aliphatic carbocycles. The molecule has 1 aliphatic heterocycles. The number of thiazole rings is 1. The third kappa shape index (κ3) is 6.40. The highest BCUT2D eigenvalue weighted by Crippen LogP contribution is 2.41. The second-order valence-corrected chi connectivity index (χ2v) is 13.3. The number of hydrogen-bond acceptors (Lipinski definition) is 9. The molecule has 0 atom stereocenters. The summed E-state index contributed by atoms with van der Waals surface area (Å²) in [6, 6.07) is 26.1. The summed E-state index contributed by atoms with van der Waals surface area (Å²) in [5.74, 6) is 0.516. The molecule has 1 fully saturated rings. The van der Waals surface area contributed by atoms with Gasteiger partial charge in [-0.2, -0.15) is 0 Å². The lowest BCUT2D eigenvalue weighted by Crippen LogP contribution is -2.28. The first kappa shape index (κ1) is 29.6. The predicted molar refractivity (Wildman–Crippen MR) is 181 cm³/mol. The first-order chi connectivity index (χ1) is 21.3. The topological polar surface area (TPSA) is 97.9 Å². The summed E-state index contributed by atoms with van der Waals surface area (Å²) >= 11 is 3.94. The standard InChI is InChI=1S/C33H26N4O4S3/c1-4-41-25-14-15-26-29(19-25)44-33(35-26)43-28-16-9-22(17-27(28)37(39)40)18-30-31(38)36(24-12-7-21(3)8-13-24)32(42-30)34-23-10-5-20(2)6-11-23/h5-19H,4H2,1-3H3/b30-18-,34-32?. The van der Waals surface area contributed by atoms with Crippen LogP contribution >= 0.6 is 34.9 Å². The average Bonchev–Trinajstić information content (AvgIpc) is 3.54. The number of nitro groups is 1. The SMILES string of the molecule is CCOc1ccc2nc(Sc3ccc(/C=C4\SC(=Nc5ccc(C)cc5)N(c5ccc(C)cc5)C4=O)cc3[N+](=O)[O-])sc2c1. The summed E-state index contributed by atoms with van der Waals surface area (Å²) in [7, 11) is 0. The molecule has 8 nitrogen and oxygen atoms in total. The van der Waals surface area contributed by atoms with Crippen molar-refractivity contribution in [1.82, 2.24) is 4.98 Å². The molecule has 0 saturated carbocycles. The van der Waals surface area contributed by atoms with Gasteiger partial charge in [0.2, 0.25) is 0 Å². The summed E-state index contributed by atoms with van der Waals surface area (Å²) in [6.45, 7) is 6.48. The molecule has 1 amide bonds. The van der Waals surface area contributed by atoms with Gasteiger partial charge in [-0.05, 0) is 92.7 Å². The van der Waals surface area contributed by atoms with Crippen molar-refractivity contribution in [3.8, 4) is 5.75 Å². The minimum atomic E-state index is -0.405. The molecule has 4 aromatic carbocycles. The number of thioether (sulfide) groups is 1. The van der Waals surface area contributed by atoms with E-state index < -0.39 is 4.92 Å². The van der Waals surface area contributed by atoms with Crippen molar-refractivity contribution in [3.05, 3.63) is 117 Å². The van der Waals surface area contributed by atoms with Gasteiger partial charge in [0.1, 0.15) is 5.75 Å². The van der Waals surface area contributed by atoms with Gasteiger partial charge in [-0.15, -0.1) is 11.3 Å². The highest BCUT2D eigenvalue weighted by atomic mass is 32.2. The third-order valence-electron chi connectivity index (χ3n) is 6.68. The number of carbonyl (C=O) groups is 1. The van der Waals surface area contributed by atoms with E-state index in [2.05, 4.69) is 4.98 Å². The van der Waals surface area contributed by atoms with Crippen LogP contribution in [0.3, 0.4) is 0 Å². The van der Waals surface area contributed by atoms with Crippen molar-refractivity contribution < 1.29 is 14.5 Å². The van der Waals surface area contributed by atoms with Gasteiger partial charge in [-0.25, -0.2) is 9.98 Å². The molecule has 0 radical (unpaired) electrons. The monoisotopic (exact) mass is 638 g/mol. The number of aliphatic imine (C=N–C) groups is 1. The minimum absolute atomic E-state index is 0.0574. The van der Waals surface area contributed by atoms with Crippen molar-refractivity contribution in [2.24, 2.45) is 4.99 Å². The van der Waals surface area contributed by atoms with Crippen molar-refractivity contribution in [2.75, 3.05) is 11.5 Å². The average molecular weight is 639 g/mol. The maximum atomic E-state index is 13.7. The second kappa shape index (κ2) is 12.7. The molecule has 0 unspecified atom stereocenters. The number of amidine groups is 1. The molecular formula is C33H26N4O4S3. The van der Waals surface area contributed by atoms with Gasteiger partial charge >= 0.3 is 0 Å². The molecule has 5 aromatic rings. The van der Waals surface area contributed by atoms with Crippen LogP contribution in [0.25, 0.3) is 16.3 Å². The highest BCUT2D eigenvalue weighted by Gasteiger charge is 2.35. The van der Waals surface area contributed by atoms with E-state index in [0.717, 1.165) is 32.8 Å². The second-order valence-electron chi connectivity index (χ2n) is 9.95. The fraction of sp³-hybridized carbons (Fsp3) is 0.121. The molecule has 11 heteroatoms. The van der Waals surface area contributed by atoms with Gasteiger partial charge in [0.05, 0.1) is 42.9 Å². The van der Waals surface area contributed by atoms with E-state index in [1.165, 1.54) is 40.9 Å². The van der Waals surface area contributed by atoms with Gasteiger partial charge in [0.25, 0.3) is 11.6 Å². The summed E-state index contributed by atoms with van der Waals surface area (Å²) < 4.78 is 7.22. The molecule has 1 saturated heterocycles. The van der Waals surface area contributed by atoms with E-state index in [-0.39, 0.29) is 11.6 Å². The Bertz CT molecular complexity index is 1950. The lowest BCUT2D eigenvalue weighted by molar-refractivity contribution is -0.387. The maximum absolute atomic E-state index is 13.7. The van der Waals surface area contributed by atoms with E-state index in [1.54, 1.807) is 23.1 Å². The predicted octanol–water partition coefficient (Wildman–Crippen LogP) is 9.18. The largest absolute Gasteiger partial charge is 0.494 e. The molecule has 1 aromatic heterocycles. The van der Waals surface area contributed by atoms with E-state index in [1.807, 2.05) is 87.5 Å². The number of nitrogens with zero attached hydrogens (tertiary/aromatic N) is 4. The van der Waals surface area contributed by atoms with Crippen LogP contribution in [0.1, 0.15) is 23.6 Å². The number of fused-ring (bicyclic) bond motifs is 1. The van der Waals surface area contributed by atoms with E-state index in [4.69, 9.17) is 9.73 Å². The Labute approximate surface area is 266 Å². The zero-order chi connectivity index (χ0) is 30.8. The van der Waals surface area contributed by atoms with Crippen LogP contribution < -0.4 is 9.64 Å². The molecule has 220 valence electrons. The Kier molecular flexibility index (Phi) is 8.51. The van der Waals surface area contributed by atoms with Crippen molar-refractivity contribution in [1.29, 1.82) is 0 Å². The number of rotatable bonds is 8. The lowest BCUT2D eigenvalue weighted by Gasteiger charge is -2.16. The normalized spacial score (nSPS) is 15.1. The molecule has 0 bridgehead atoms. The number of nitro benzene ring substituents is 1. The van der Waals surface area contributed by atoms with Crippen molar-refractivity contribution >= 4 is 79.3 Å². The Balaban J connectivity index is 1.32. The summed E-state index contributed by atoms with van der Waals surface area (Å²) in [6.07, 6.45) is 1.68. The summed E-state index contributed by atoms with van der Waals surface area (Å²) in [5.41, 5.74) is 4.91. The first-order valence-corrected chi connectivity index (χ1v) is 16.2. The molecule has 44 heavy (non-hydrogen) atoms. The van der Waals surface area contributed by atoms with Crippen LogP contribution in [-0.2, 0) is 4.79 Å². The smallest absolute Gasteiger partial charge is 0.283 e. The molecular weight excluding hydrogens is 613 g/mol. The number of anilines is 1. The minimum Gasteiger partial charge on any atom is -0.494 e. The summed E-state index contributed by atoms with van der Waals surface area (Å²) in [5, 5.41) is 12.6. The molecule has 1 aliphatic rings. The van der Waals surface area contributed by atoms with Crippen molar-refractivity contribution in [3.63, 3.8) is 0 Å². The van der Waals surface area contributed by atoms with Crippen LogP contribution in [0, 0.1) is 24.0 Å². The lowest BCUT2D eigenvalue weighted by atomic mass is 10.1. The quantitative estimate of drug-likeness (QED) is 0.0949.